The lowest BCUT2D eigenvalue weighted by Gasteiger charge is -2.10. The maximum Gasteiger partial charge on any atom is 0.229 e. The molecule has 1 aromatic heterocycles. The predicted octanol–water partition coefficient (Wildman–Crippen LogP) is 5.08. The minimum Gasteiger partial charge on any atom is -0.325 e. The summed E-state index contributed by atoms with van der Waals surface area (Å²) in [7, 11) is 0. The Balaban J connectivity index is 1.72. The molecule has 0 aliphatic heterocycles. The van der Waals surface area contributed by atoms with Gasteiger partial charge in [-0.05, 0) is 35.7 Å². The molecule has 1 N–H and O–H groups in total. The molecule has 110 valence electrons. The van der Waals surface area contributed by atoms with Crippen LogP contribution in [0, 0.1) is 0 Å². The number of rotatable bonds is 5. The van der Waals surface area contributed by atoms with Gasteiger partial charge in [-0.3, -0.25) is 4.79 Å². The molecule has 0 spiro atoms. The Hall–Kier alpha value is -2.04. The lowest BCUT2D eigenvalue weighted by Crippen LogP contribution is -2.14. The summed E-state index contributed by atoms with van der Waals surface area (Å²) in [5.74, 6) is 0.0172. The fourth-order valence-corrected chi connectivity index (χ4v) is 3.67. The highest BCUT2D eigenvalue weighted by Gasteiger charge is 2.09. The van der Waals surface area contributed by atoms with Crippen LogP contribution in [0.4, 0.5) is 5.69 Å². The molecule has 0 aliphatic carbocycles. The first-order chi connectivity index (χ1) is 10.8. The molecule has 0 bridgehead atoms. The number of anilines is 1. The van der Waals surface area contributed by atoms with E-state index in [0.29, 0.717) is 6.42 Å². The minimum absolute atomic E-state index is 0.0172. The maximum atomic E-state index is 12.2. The highest BCUT2D eigenvalue weighted by Crippen LogP contribution is 2.33. The molecule has 22 heavy (non-hydrogen) atoms. The zero-order chi connectivity index (χ0) is 15.2. The predicted molar refractivity (Wildman–Crippen MR) is 93.7 cm³/mol. The zero-order valence-electron chi connectivity index (χ0n) is 11.9. The largest absolute Gasteiger partial charge is 0.325 e. The van der Waals surface area contributed by atoms with Crippen LogP contribution in [0.5, 0.6) is 0 Å². The fourth-order valence-electron chi connectivity index (χ4n) is 2.04. The Kier molecular flexibility index (Phi) is 4.93. The molecule has 3 rings (SSSR count). The third kappa shape index (κ3) is 4.00. The second-order valence-corrected chi connectivity index (χ2v) is 6.86. The van der Waals surface area contributed by atoms with Crippen molar-refractivity contribution in [2.24, 2.45) is 0 Å². The van der Waals surface area contributed by atoms with Crippen LogP contribution >= 0.6 is 23.1 Å². The van der Waals surface area contributed by atoms with Crippen LogP contribution in [0.1, 0.15) is 4.88 Å². The normalized spacial score (nSPS) is 10.4. The van der Waals surface area contributed by atoms with Crippen molar-refractivity contribution in [2.75, 3.05) is 5.32 Å². The lowest BCUT2D eigenvalue weighted by molar-refractivity contribution is -0.115. The van der Waals surface area contributed by atoms with Gasteiger partial charge in [0.25, 0.3) is 0 Å². The molecule has 0 radical (unpaired) electrons. The van der Waals surface area contributed by atoms with Gasteiger partial charge in [0.2, 0.25) is 5.91 Å². The van der Waals surface area contributed by atoms with Gasteiger partial charge in [-0.2, -0.15) is 0 Å². The summed E-state index contributed by atoms with van der Waals surface area (Å²) in [5, 5.41) is 5.00. The van der Waals surface area contributed by atoms with Gasteiger partial charge in [-0.25, -0.2) is 0 Å². The first-order valence-electron chi connectivity index (χ1n) is 6.95. The van der Waals surface area contributed by atoms with Crippen LogP contribution in [-0.4, -0.2) is 5.91 Å². The van der Waals surface area contributed by atoms with E-state index in [0.717, 1.165) is 20.4 Å². The second kappa shape index (κ2) is 7.29. The van der Waals surface area contributed by atoms with Crippen LogP contribution in [-0.2, 0) is 11.2 Å². The molecular formula is C18H15NOS2. The second-order valence-electron chi connectivity index (χ2n) is 4.72. The average molecular weight is 325 g/mol. The number of carbonyl (C=O) groups excluding carboxylic acids is 1. The van der Waals surface area contributed by atoms with Crippen LogP contribution in [0.3, 0.4) is 0 Å². The summed E-state index contributed by atoms with van der Waals surface area (Å²) in [6.45, 7) is 0. The average Bonchev–Trinajstić information content (AvgIpc) is 3.03. The number of para-hydroxylation sites is 1. The molecular weight excluding hydrogens is 310 g/mol. The molecule has 0 saturated heterocycles. The van der Waals surface area contributed by atoms with E-state index >= 15 is 0 Å². The van der Waals surface area contributed by atoms with Crippen molar-refractivity contribution < 1.29 is 4.79 Å². The van der Waals surface area contributed by atoms with Crippen molar-refractivity contribution in [3.05, 3.63) is 77.0 Å². The van der Waals surface area contributed by atoms with Crippen molar-refractivity contribution in [1.29, 1.82) is 0 Å². The van der Waals surface area contributed by atoms with E-state index in [2.05, 4.69) is 17.4 Å². The van der Waals surface area contributed by atoms with E-state index in [9.17, 15) is 4.79 Å². The van der Waals surface area contributed by atoms with Gasteiger partial charge in [0, 0.05) is 14.7 Å². The van der Waals surface area contributed by atoms with Crippen molar-refractivity contribution in [1.82, 2.24) is 0 Å². The minimum atomic E-state index is 0.0172. The van der Waals surface area contributed by atoms with Crippen LogP contribution < -0.4 is 5.32 Å². The maximum absolute atomic E-state index is 12.2. The summed E-state index contributed by atoms with van der Waals surface area (Å²) in [6.07, 6.45) is 0.419. The lowest BCUT2D eigenvalue weighted by atomic mass is 10.3. The van der Waals surface area contributed by atoms with Crippen molar-refractivity contribution in [2.45, 2.75) is 16.2 Å². The molecule has 3 aromatic rings. The summed E-state index contributed by atoms with van der Waals surface area (Å²) in [4.78, 5) is 15.4. The van der Waals surface area contributed by atoms with Gasteiger partial charge in [0.1, 0.15) is 0 Å². The van der Waals surface area contributed by atoms with Gasteiger partial charge >= 0.3 is 0 Å². The molecule has 0 atom stereocenters. The Morgan fingerprint density at radius 3 is 2.50 bits per heavy atom. The van der Waals surface area contributed by atoms with E-state index in [1.54, 1.807) is 23.1 Å². The Morgan fingerprint density at radius 1 is 0.955 bits per heavy atom. The summed E-state index contributed by atoms with van der Waals surface area (Å²) < 4.78 is 0. The zero-order valence-corrected chi connectivity index (χ0v) is 13.5. The Bertz CT molecular complexity index is 739. The molecule has 2 aromatic carbocycles. The Morgan fingerprint density at radius 2 is 1.73 bits per heavy atom. The highest BCUT2D eigenvalue weighted by molar-refractivity contribution is 7.99. The van der Waals surface area contributed by atoms with E-state index in [-0.39, 0.29) is 5.91 Å². The van der Waals surface area contributed by atoms with E-state index < -0.39 is 0 Å². The quantitative estimate of drug-likeness (QED) is 0.708. The van der Waals surface area contributed by atoms with E-state index in [1.165, 1.54) is 0 Å². The molecule has 1 amide bonds. The molecule has 0 unspecified atom stereocenters. The number of carbonyl (C=O) groups is 1. The van der Waals surface area contributed by atoms with Gasteiger partial charge in [0.05, 0.1) is 12.1 Å². The van der Waals surface area contributed by atoms with Crippen molar-refractivity contribution >= 4 is 34.7 Å². The SMILES string of the molecule is O=C(Cc1cccs1)Nc1ccccc1Sc1ccccc1. The summed E-state index contributed by atoms with van der Waals surface area (Å²) >= 11 is 3.25. The highest BCUT2D eigenvalue weighted by atomic mass is 32.2. The molecule has 0 saturated carbocycles. The molecule has 0 aliphatic rings. The van der Waals surface area contributed by atoms with Crippen LogP contribution in [0.25, 0.3) is 0 Å². The number of hydrogen-bond donors (Lipinski definition) is 1. The number of amides is 1. The third-order valence-electron chi connectivity index (χ3n) is 3.05. The fraction of sp³-hybridized carbons (Fsp3) is 0.0556. The van der Waals surface area contributed by atoms with Gasteiger partial charge in [0.15, 0.2) is 0 Å². The molecule has 2 nitrogen and oxygen atoms in total. The van der Waals surface area contributed by atoms with Crippen molar-refractivity contribution in [3.8, 4) is 0 Å². The van der Waals surface area contributed by atoms with E-state index in [4.69, 9.17) is 0 Å². The smallest absolute Gasteiger partial charge is 0.229 e. The molecule has 4 heteroatoms. The Labute approximate surface area is 138 Å². The van der Waals surface area contributed by atoms with Crippen molar-refractivity contribution in [3.63, 3.8) is 0 Å². The molecule has 0 fully saturated rings. The molecule has 1 heterocycles. The standard InChI is InChI=1S/C18H15NOS2/c20-18(13-15-9-6-12-21-15)19-16-10-4-5-11-17(16)22-14-7-2-1-3-8-14/h1-12H,13H2,(H,19,20). The topological polar surface area (TPSA) is 29.1 Å². The summed E-state index contributed by atoms with van der Waals surface area (Å²) in [5.41, 5.74) is 0.859. The van der Waals surface area contributed by atoms with E-state index in [1.807, 2.05) is 60.0 Å². The van der Waals surface area contributed by atoms with Crippen LogP contribution in [0.15, 0.2) is 81.9 Å². The number of thiophene rings is 1. The van der Waals surface area contributed by atoms with Gasteiger partial charge in [-0.15, -0.1) is 11.3 Å². The third-order valence-corrected chi connectivity index (χ3v) is 5.01. The first kappa shape index (κ1) is 14.9. The monoisotopic (exact) mass is 325 g/mol. The van der Waals surface area contributed by atoms with Gasteiger partial charge in [-0.1, -0.05) is 48.2 Å². The van der Waals surface area contributed by atoms with Gasteiger partial charge < -0.3 is 5.32 Å². The number of nitrogens with one attached hydrogen (secondary N) is 1. The number of hydrogen-bond acceptors (Lipinski definition) is 3. The van der Waals surface area contributed by atoms with Crippen LogP contribution in [0.2, 0.25) is 0 Å². The summed E-state index contributed by atoms with van der Waals surface area (Å²) in [6, 6.07) is 22.0. The number of benzene rings is 2. The first-order valence-corrected chi connectivity index (χ1v) is 8.65.